The Morgan fingerprint density at radius 3 is 2.37 bits per heavy atom. The van der Waals surface area contributed by atoms with Gasteiger partial charge in [-0.1, -0.05) is 29.8 Å². The lowest BCUT2D eigenvalue weighted by Gasteiger charge is -2.22. The van der Waals surface area contributed by atoms with E-state index >= 15 is 0 Å². The first-order valence-electron chi connectivity index (χ1n) is 6.51. The van der Waals surface area contributed by atoms with Crippen molar-refractivity contribution < 1.29 is 13.2 Å². The van der Waals surface area contributed by atoms with Gasteiger partial charge in [-0.3, -0.25) is 4.79 Å². The molecule has 1 aromatic carbocycles. The van der Waals surface area contributed by atoms with E-state index in [1.807, 2.05) is 19.1 Å². The van der Waals surface area contributed by atoms with Gasteiger partial charge >= 0.3 is 0 Å². The third kappa shape index (κ3) is 3.64. The van der Waals surface area contributed by atoms with E-state index in [1.54, 1.807) is 12.1 Å². The summed E-state index contributed by atoms with van der Waals surface area (Å²) in [7, 11) is -3.33. The molecule has 1 fully saturated rings. The Morgan fingerprint density at radius 2 is 1.79 bits per heavy atom. The van der Waals surface area contributed by atoms with E-state index in [0.29, 0.717) is 31.5 Å². The predicted molar refractivity (Wildman–Crippen MR) is 75.2 cm³/mol. The van der Waals surface area contributed by atoms with Crippen molar-refractivity contribution in [1.29, 1.82) is 0 Å². The van der Waals surface area contributed by atoms with Crippen molar-refractivity contribution in [3.63, 3.8) is 0 Å². The number of benzene rings is 1. The fraction of sp³-hybridized carbons (Fsp3) is 0.500. The molecule has 4 nitrogen and oxygen atoms in total. The highest BCUT2D eigenvalue weighted by atomic mass is 32.2. The quantitative estimate of drug-likeness (QED) is 0.846. The Hall–Kier alpha value is -1.20. The minimum absolute atomic E-state index is 0.307. The molecule has 5 heteroatoms. The largest absolute Gasteiger partial charge is 0.317 e. The molecule has 1 aliphatic rings. The number of carbonyl (C=O) groups is 1. The summed E-state index contributed by atoms with van der Waals surface area (Å²) in [6, 6.07) is 7.03. The van der Waals surface area contributed by atoms with Crippen molar-refractivity contribution in [2.24, 2.45) is 0 Å². The predicted octanol–water partition coefficient (Wildman–Crippen LogP) is 1.34. The first-order valence-corrected chi connectivity index (χ1v) is 8.23. The Bertz CT molecular complexity index is 543. The summed E-state index contributed by atoms with van der Waals surface area (Å²) < 4.78 is 24.4. The summed E-state index contributed by atoms with van der Waals surface area (Å²) in [5, 5.41) is 2.76. The van der Waals surface area contributed by atoms with E-state index in [0.717, 1.165) is 5.56 Å². The topological polar surface area (TPSA) is 63.2 Å². The average molecular weight is 281 g/mol. The van der Waals surface area contributed by atoms with Crippen LogP contribution in [-0.2, 0) is 9.84 Å². The molecule has 19 heavy (non-hydrogen) atoms. The minimum Gasteiger partial charge on any atom is -0.317 e. The van der Waals surface area contributed by atoms with E-state index < -0.39 is 9.84 Å². The lowest BCUT2D eigenvalue weighted by molar-refractivity contribution is 0.102. The maximum atomic E-state index is 12.2. The van der Waals surface area contributed by atoms with Crippen molar-refractivity contribution in [2.75, 3.05) is 18.8 Å². The van der Waals surface area contributed by atoms with Gasteiger partial charge in [-0.2, -0.15) is 0 Å². The number of ketones is 1. The van der Waals surface area contributed by atoms with Gasteiger partial charge in [0.2, 0.25) is 0 Å². The zero-order valence-corrected chi connectivity index (χ0v) is 11.9. The van der Waals surface area contributed by atoms with Gasteiger partial charge in [0.25, 0.3) is 0 Å². The highest BCUT2D eigenvalue weighted by Gasteiger charge is 2.29. The first kappa shape index (κ1) is 14.2. The third-order valence-corrected chi connectivity index (χ3v) is 5.65. The molecule has 0 aromatic heterocycles. The molecule has 0 amide bonds. The van der Waals surface area contributed by atoms with E-state index in [-0.39, 0.29) is 16.8 Å². The molecule has 0 aliphatic carbocycles. The maximum Gasteiger partial charge on any atom is 0.177 e. The van der Waals surface area contributed by atoms with E-state index in [9.17, 15) is 13.2 Å². The second kappa shape index (κ2) is 5.84. The summed E-state index contributed by atoms with van der Waals surface area (Å²) >= 11 is 0. The van der Waals surface area contributed by atoms with Crippen molar-refractivity contribution in [3.8, 4) is 0 Å². The first-order chi connectivity index (χ1) is 8.99. The molecular formula is C14H19NO3S. The number of hydrogen-bond acceptors (Lipinski definition) is 4. The highest BCUT2D eigenvalue weighted by Crippen LogP contribution is 2.16. The maximum absolute atomic E-state index is 12.2. The summed E-state index contributed by atoms with van der Waals surface area (Å²) in [6.45, 7) is 3.35. The van der Waals surface area contributed by atoms with E-state index in [1.165, 1.54) is 0 Å². The zero-order valence-electron chi connectivity index (χ0n) is 11.1. The fourth-order valence-corrected chi connectivity index (χ4v) is 4.00. The second-order valence-corrected chi connectivity index (χ2v) is 7.33. The highest BCUT2D eigenvalue weighted by molar-refractivity contribution is 7.92. The number of sulfone groups is 1. The molecule has 0 spiro atoms. The normalized spacial score (nSPS) is 17.3. The van der Waals surface area contributed by atoms with Crippen molar-refractivity contribution >= 4 is 15.6 Å². The fourth-order valence-electron chi connectivity index (χ4n) is 2.28. The van der Waals surface area contributed by atoms with Gasteiger partial charge in [-0.15, -0.1) is 0 Å². The van der Waals surface area contributed by atoms with Crippen molar-refractivity contribution in [2.45, 2.75) is 25.0 Å². The average Bonchev–Trinajstić information content (AvgIpc) is 2.40. The van der Waals surface area contributed by atoms with Crippen LogP contribution in [0.4, 0.5) is 0 Å². The number of nitrogens with one attached hydrogen (secondary N) is 1. The summed E-state index contributed by atoms with van der Waals surface area (Å²) in [5.41, 5.74) is 1.53. The van der Waals surface area contributed by atoms with E-state index in [4.69, 9.17) is 0 Å². The van der Waals surface area contributed by atoms with Crippen LogP contribution in [0, 0.1) is 6.92 Å². The molecule has 0 atom stereocenters. The molecule has 0 radical (unpaired) electrons. The summed E-state index contributed by atoms with van der Waals surface area (Å²) in [4.78, 5) is 12.0. The second-order valence-electron chi connectivity index (χ2n) is 5.05. The number of rotatable bonds is 4. The molecule has 1 aromatic rings. The monoisotopic (exact) mass is 281 g/mol. The number of aryl methyl sites for hydroxylation is 1. The molecule has 1 saturated heterocycles. The Labute approximate surface area is 114 Å². The van der Waals surface area contributed by atoms with Crippen LogP contribution in [0.1, 0.15) is 28.8 Å². The smallest absolute Gasteiger partial charge is 0.177 e. The van der Waals surface area contributed by atoms with E-state index in [2.05, 4.69) is 5.32 Å². The SMILES string of the molecule is Cc1ccc(C(=O)CS(=O)(=O)C2CCNCC2)cc1. The standard InChI is InChI=1S/C14H19NO3S/c1-11-2-4-12(5-3-11)14(16)10-19(17,18)13-6-8-15-9-7-13/h2-5,13,15H,6-10H2,1H3. The summed E-state index contributed by atoms with van der Waals surface area (Å²) in [6.07, 6.45) is 1.20. The molecular weight excluding hydrogens is 262 g/mol. The van der Waals surface area contributed by atoms with Gasteiger partial charge < -0.3 is 5.32 Å². The molecule has 1 heterocycles. The third-order valence-electron chi connectivity index (χ3n) is 3.50. The molecule has 0 bridgehead atoms. The number of carbonyl (C=O) groups excluding carboxylic acids is 1. The van der Waals surface area contributed by atoms with Gasteiger partial charge in [0, 0.05) is 5.56 Å². The van der Waals surface area contributed by atoms with Crippen LogP contribution in [0.2, 0.25) is 0 Å². The lowest BCUT2D eigenvalue weighted by atomic mass is 10.1. The molecule has 104 valence electrons. The van der Waals surface area contributed by atoms with Crippen LogP contribution in [0.25, 0.3) is 0 Å². The van der Waals surface area contributed by atoms with Gasteiger partial charge in [0.15, 0.2) is 15.6 Å². The van der Waals surface area contributed by atoms with Gasteiger partial charge in [-0.05, 0) is 32.9 Å². The number of Topliss-reactive ketones (excluding diaryl/α,β-unsaturated/α-hetero) is 1. The van der Waals surface area contributed by atoms with Crippen LogP contribution >= 0.6 is 0 Å². The van der Waals surface area contributed by atoms with Crippen LogP contribution in [0.3, 0.4) is 0 Å². The molecule has 2 rings (SSSR count). The lowest BCUT2D eigenvalue weighted by Crippen LogP contribution is -2.38. The van der Waals surface area contributed by atoms with Gasteiger partial charge in [-0.25, -0.2) is 8.42 Å². The Balaban J connectivity index is 2.07. The zero-order chi connectivity index (χ0) is 13.9. The molecule has 0 saturated carbocycles. The number of piperidine rings is 1. The van der Waals surface area contributed by atoms with Gasteiger partial charge in [0.1, 0.15) is 5.75 Å². The summed E-state index contributed by atoms with van der Waals surface area (Å²) in [5.74, 6) is -0.681. The van der Waals surface area contributed by atoms with Crippen LogP contribution in [0.5, 0.6) is 0 Å². The van der Waals surface area contributed by atoms with Crippen LogP contribution < -0.4 is 5.32 Å². The van der Waals surface area contributed by atoms with Crippen LogP contribution in [0.15, 0.2) is 24.3 Å². The molecule has 1 N–H and O–H groups in total. The Morgan fingerprint density at radius 1 is 1.21 bits per heavy atom. The van der Waals surface area contributed by atoms with Crippen molar-refractivity contribution in [3.05, 3.63) is 35.4 Å². The number of hydrogen-bond donors (Lipinski definition) is 1. The molecule has 1 aliphatic heterocycles. The van der Waals surface area contributed by atoms with Gasteiger partial charge in [0.05, 0.1) is 5.25 Å². The van der Waals surface area contributed by atoms with Crippen LogP contribution in [-0.4, -0.2) is 38.3 Å². The molecule has 0 unspecified atom stereocenters. The minimum atomic E-state index is -3.33. The Kier molecular flexibility index (Phi) is 4.37. The van der Waals surface area contributed by atoms with Crippen molar-refractivity contribution in [1.82, 2.24) is 5.32 Å².